The maximum atomic E-state index is 11.3. The summed E-state index contributed by atoms with van der Waals surface area (Å²) in [7, 11) is 0. The van der Waals surface area contributed by atoms with E-state index in [1.165, 1.54) is 0 Å². The monoisotopic (exact) mass is 267 g/mol. The van der Waals surface area contributed by atoms with Gasteiger partial charge in [0.05, 0.1) is 5.69 Å². The Morgan fingerprint density at radius 2 is 2.33 bits per heavy atom. The Hall–Kier alpha value is -1.01. The van der Waals surface area contributed by atoms with E-state index in [-0.39, 0.29) is 11.7 Å². The zero-order chi connectivity index (χ0) is 12.7. The standard InChI is InChI=1S/C12H17N3O2S/c13-8-2-1-4-15-10(8)9(12(16)17)14-11(15)7-3-5-18-6-7/h7-8H,1-6,13H2,(H,16,17). The van der Waals surface area contributed by atoms with Gasteiger partial charge in [-0.3, -0.25) is 0 Å². The van der Waals surface area contributed by atoms with Crippen molar-refractivity contribution in [3.63, 3.8) is 0 Å². The number of nitrogens with two attached hydrogens (primary N) is 1. The maximum Gasteiger partial charge on any atom is 0.356 e. The molecule has 5 nitrogen and oxygen atoms in total. The summed E-state index contributed by atoms with van der Waals surface area (Å²) in [6.07, 6.45) is 2.96. The molecule has 0 bridgehead atoms. The number of hydrogen-bond acceptors (Lipinski definition) is 4. The van der Waals surface area contributed by atoms with Crippen molar-refractivity contribution in [2.75, 3.05) is 11.5 Å². The summed E-state index contributed by atoms with van der Waals surface area (Å²) in [6.45, 7) is 0.861. The van der Waals surface area contributed by atoms with Gasteiger partial charge < -0.3 is 15.4 Å². The van der Waals surface area contributed by atoms with Crippen LogP contribution in [-0.4, -0.2) is 32.1 Å². The Labute approximate surface area is 110 Å². The average molecular weight is 267 g/mol. The molecule has 1 aromatic heterocycles. The maximum absolute atomic E-state index is 11.3. The quantitative estimate of drug-likeness (QED) is 0.850. The fourth-order valence-electron chi connectivity index (χ4n) is 2.91. The highest BCUT2D eigenvalue weighted by molar-refractivity contribution is 7.99. The highest BCUT2D eigenvalue weighted by Crippen LogP contribution is 2.36. The lowest BCUT2D eigenvalue weighted by Crippen LogP contribution is -2.25. The first-order valence-electron chi connectivity index (χ1n) is 6.35. The van der Waals surface area contributed by atoms with Gasteiger partial charge in [0.2, 0.25) is 0 Å². The van der Waals surface area contributed by atoms with Gasteiger partial charge in [0.25, 0.3) is 0 Å². The predicted octanol–water partition coefficient (Wildman–Crippen LogP) is 1.60. The van der Waals surface area contributed by atoms with Gasteiger partial charge in [-0.1, -0.05) is 0 Å². The highest BCUT2D eigenvalue weighted by Gasteiger charge is 2.32. The molecule has 0 saturated carbocycles. The molecular formula is C12H17N3O2S. The summed E-state index contributed by atoms with van der Waals surface area (Å²) >= 11 is 1.91. The summed E-state index contributed by atoms with van der Waals surface area (Å²) < 4.78 is 2.08. The van der Waals surface area contributed by atoms with Gasteiger partial charge in [-0.2, -0.15) is 11.8 Å². The number of aromatic nitrogens is 2. The Bertz CT molecular complexity index is 480. The van der Waals surface area contributed by atoms with E-state index in [4.69, 9.17) is 5.73 Å². The van der Waals surface area contributed by atoms with Gasteiger partial charge >= 0.3 is 5.97 Å². The van der Waals surface area contributed by atoms with Crippen molar-refractivity contribution in [3.8, 4) is 0 Å². The minimum absolute atomic E-state index is 0.175. The molecule has 0 aromatic carbocycles. The second-order valence-electron chi connectivity index (χ2n) is 4.97. The van der Waals surface area contributed by atoms with Crippen LogP contribution in [0.15, 0.2) is 0 Å². The molecule has 1 aromatic rings. The van der Waals surface area contributed by atoms with Crippen molar-refractivity contribution >= 4 is 17.7 Å². The normalized spacial score (nSPS) is 27.2. The Morgan fingerprint density at radius 3 is 3.00 bits per heavy atom. The van der Waals surface area contributed by atoms with Crippen molar-refractivity contribution in [3.05, 3.63) is 17.2 Å². The van der Waals surface area contributed by atoms with Crippen molar-refractivity contribution in [1.29, 1.82) is 0 Å². The number of carboxylic acid groups (broad SMARTS) is 1. The lowest BCUT2D eigenvalue weighted by molar-refractivity contribution is 0.0688. The minimum Gasteiger partial charge on any atom is -0.476 e. The molecule has 6 heteroatoms. The van der Waals surface area contributed by atoms with E-state index < -0.39 is 5.97 Å². The topological polar surface area (TPSA) is 81.1 Å². The number of hydrogen-bond donors (Lipinski definition) is 2. The first kappa shape index (κ1) is 12.0. The van der Waals surface area contributed by atoms with E-state index >= 15 is 0 Å². The number of carboxylic acids is 1. The van der Waals surface area contributed by atoms with Gasteiger partial charge in [0.15, 0.2) is 5.69 Å². The molecule has 1 fully saturated rings. The second-order valence-corrected chi connectivity index (χ2v) is 6.12. The summed E-state index contributed by atoms with van der Waals surface area (Å²) in [5, 5.41) is 9.28. The lowest BCUT2D eigenvalue weighted by atomic mass is 10.0. The van der Waals surface area contributed by atoms with Crippen LogP contribution in [0.2, 0.25) is 0 Å². The third-order valence-electron chi connectivity index (χ3n) is 3.78. The zero-order valence-corrected chi connectivity index (χ0v) is 10.9. The molecule has 3 N–H and O–H groups in total. The molecule has 2 atom stereocenters. The van der Waals surface area contributed by atoms with E-state index in [0.717, 1.165) is 48.8 Å². The first-order valence-corrected chi connectivity index (χ1v) is 7.51. The van der Waals surface area contributed by atoms with E-state index in [0.29, 0.717) is 5.92 Å². The van der Waals surface area contributed by atoms with Gasteiger partial charge in [0.1, 0.15) is 5.82 Å². The molecule has 2 aliphatic heterocycles. The molecule has 0 spiro atoms. The van der Waals surface area contributed by atoms with Crippen LogP contribution in [0, 0.1) is 0 Å². The summed E-state index contributed by atoms with van der Waals surface area (Å²) in [5.41, 5.74) is 6.98. The summed E-state index contributed by atoms with van der Waals surface area (Å²) in [6, 6.07) is -0.180. The van der Waals surface area contributed by atoms with Crippen LogP contribution in [0.25, 0.3) is 0 Å². The minimum atomic E-state index is -0.951. The van der Waals surface area contributed by atoms with Crippen LogP contribution < -0.4 is 5.73 Å². The smallest absolute Gasteiger partial charge is 0.356 e. The Morgan fingerprint density at radius 1 is 1.50 bits per heavy atom. The number of nitrogens with zero attached hydrogens (tertiary/aromatic N) is 2. The van der Waals surface area contributed by atoms with Crippen molar-refractivity contribution in [2.45, 2.75) is 37.8 Å². The molecular weight excluding hydrogens is 250 g/mol. The molecule has 18 heavy (non-hydrogen) atoms. The predicted molar refractivity (Wildman–Crippen MR) is 70.0 cm³/mol. The summed E-state index contributed by atoms with van der Waals surface area (Å²) in [5.74, 6) is 2.58. The largest absolute Gasteiger partial charge is 0.476 e. The van der Waals surface area contributed by atoms with E-state index in [9.17, 15) is 9.90 Å². The second kappa shape index (κ2) is 4.59. The molecule has 98 valence electrons. The lowest BCUT2D eigenvalue weighted by Gasteiger charge is -2.23. The molecule has 2 unspecified atom stereocenters. The van der Waals surface area contributed by atoms with Crippen LogP contribution in [0.5, 0.6) is 0 Å². The van der Waals surface area contributed by atoms with Crippen LogP contribution >= 0.6 is 11.8 Å². The van der Waals surface area contributed by atoms with E-state index in [2.05, 4.69) is 9.55 Å². The van der Waals surface area contributed by atoms with Crippen LogP contribution in [-0.2, 0) is 6.54 Å². The number of imidazole rings is 1. The van der Waals surface area contributed by atoms with Crippen molar-refractivity contribution in [2.24, 2.45) is 5.73 Å². The fourth-order valence-corrected chi connectivity index (χ4v) is 4.13. The summed E-state index contributed by atoms with van der Waals surface area (Å²) in [4.78, 5) is 15.7. The molecule has 3 rings (SSSR count). The fraction of sp³-hybridized carbons (Fsp3) is 0.667. The van der Waals surface area contributed by atoms with Crippen molar-refractivity contribution < 1.29 is 9.90 Å². The number of fused-ring (bicyclic) bond motifs is 1. The SMILES string of the molecule is NC1CCCn2c(C3CCSC3)nc(C(=O)O)c21. The van der Waals surface area contributed by atoms with Crippen LogP contribution in [0.1, 0.15) is 53.2 Å². The molecule has 0 amide bonds. The molecule has 0 radical (unpaired) electrons. The molecule has 1 saturated heterocycles. The number of carbonyl (C=O) groups is 1. The van der Waals surface area contributed by atoms with Crippen molar-refractivity contribution in [1.82, 2.24) is 9.55 Å². The highest BCUT2D eigenvalue weighted by atomic mass is 32.2. The third-order valence-corrected chi connectivity index (χ3v) is 4.94. The average Bonchev–Trinajstić information content (AvgIpc) is 2.95. The van der Waals surface area contributed by atoms with Gasteiger partial charge in [0, 0.05) is 24.3 Å². The number of rotatable bonds is 2. The number of aromatic carboxylic acids is 1. The molecule has 2 aliphatic rings. The Balaban J connectivity index is 2.09. The molecule has 3 heterocycles. The first-order chi connectivity index (χ1) is 8.68. The van der Waals surface area contributed by atoms with Gasteiger partial charge in [-0.15, -0.1) is 0 Å². The zero-order valence-electron chi connectivity index (χ0n) is 10.1. The van der Waals surface area contributed by atoms with Gasteiger partial charge in [-0.05, 0) is 25.0 Å². The third kappa shape index (κ3) is 1.83. The number of thioether (sulfide) groups is 1. The van der Waals surface area contributed by atoms with Crippen LogP contribution in [0.3, 0.4) is 0 Å². The van der Waals surface area contributed by atoms with E-state index in [1.54, 1.807) is 0 Å². The molecule has 0 aliphatic carbocycles. The van der Waals surface area contributed by atoms with E-state index in [1.807, 2.05) is 11.8 Å². The van der Waals surface area contributed by atoms with Gasteiger partial charge in [-0.25, -0.2) is 9.78 Å². The Kier molecular flexibility index (Phi) is 3.07. The van der Waals surface area contributed by atoms with Crippen LogP contribution in [0.4, 0.5) is 0 Å².